The Kier molecular flexibility index (Phi) is 8.71. The molecule has 0 saturated heterocycles. The molecule has 1 unspecified atom stereocenters. The van der Waals surface area contributed by atoms with Crippen LogP contribution in [-0.4, -0.2) is 12.5 Å². The molecule has 4 nitrogen and oxygen atoms in total. The van der Waals surface area contributed by atoms with Gasteiger partial charge < -0.3 is 15.4 Å². The van der Waals surface area contributed by atoms with Crippen molar-refractivity contribution < 1.29 is 9.53 Å². The minimum atomic E-state index is -0.0310. The fourth-order valence-electron chi connectivity index (χ4n) is 3.57. The second kappa shape index (κ2) is 11.9. The lowest BCUT2D eigenvalue weighted by Crippen LogP contribution is -2.24. The van der Waals surface area contributed by atoms with Gasteiger partial charge in [0.2, 0.25) is 0 Å². The zero-order chi connectivity index (χ0) is 23.6. The lowest BCUT2D eigenvalue weighted by molar-refractivity contribution is 0.0953. The van der Waals surface area contributed by atoms with Crippen molar-refractivity contribution in [2.75, 3.05) is 11.9 Å². The first-order valence-electron chi connectivity index (χ1n) is 11.6. The number of carbonyl (C=O) groups is 1. The van der Waals surface area contributed by atoms with Crippen LogP contribution in [0.2, 0.25) is 0 Å². The molecule has 0 aliphatic rings. The summed E-state index contributed by atoms with van der Waals surface area (Å²) in [4.78, 5) is 12.1. The Balaban J connectivity index is 1.61. The SMILES string of the molecule is C=C(OCc1ccc(C(Nc2ccc(C(=O)NCCC)cc2)C(C)C)cc1)c1ccccc1. The van der Waals surface area contributed by atoms with Gasteiger partial charge in [0, 0.05) is 23.4 Å². The summed E-state index contributed by atoms with van der Waals surface area (Å²) in [5.41, 5.74) is 4.97. The van der Waals surface area contributed by atoms with Crippen LogP contribution in [0, 0.1) is 5.92 Å². The fourth-order valence-corrected chi connectivity index (χ4v) is 3.57. The predicted molar refractivity (Wildman–Crippen MR) is 137 cm³/mol. The summed E-state index contributed by atoms with van der Waals surface area (Å²) >= 11 is 0. The van der Waals surface area contributed by atoms with Crippen LogP contribution >= 0.6 is 0 Å². The minimum absolute atomic E-state index is 0.0310. The second-order valence-corrected chi connectivity index (χ2v) is 8.52. The number of ether oxygens (including phenoxy) is 1. The zero-order valence-electron chi connectivity index (χ0n) is 19.8. The van der Waals surface area contributed by atoms with E-state index in [9.17, 15) is 4.79 Å². The molecule has 0 fully saturated rings. The molecule has 2 N–H and O–H groups in total. The third kappa shape index (κ3) is 6.98. The highest BCUT2D eigenvalue weighted by Gasteiger charge is 2.16. The number of anilines is 1. The van der Waals surface area contributed by atoms with Gasteiger partial charge in [-0.2, -0.15) is 0 Å². The Hall–Kier alpha value is -3.53. The highest BCUT2D eigenvalue weighted by atomic mass is 16.5. The summed E-state index contributed by atoms with van der Waals surface area (Å²) in [6, 6.07) is 26.2. The van der Waals surface area contributed by atoms with Crippen molar-refractivity contribution >= 4 is 17.4 Å². The lowest BCUT2D eigenvalue weighted by atomic mass is 9.95. The molecule has 0 radical (unpaired) electrons. The smallest absolute Gasteiger partial charge is 0.251 e. The Morgan fingerprint density at radius 2 is 1.58 bits per heavy atom. The predicted octanol–water partition coefficient (Wildman–Crippen LogP) is 6.82. The normalized spacial score (nSPS) is 11.6. The molecule has 1 atom stereocenters. The lowest BCUT2D eigenvalue weighted by Gasteiger charge is -2.24. The molecule has 172 valence electrons. The van der Waals surface area contributed by atoms with Gasteiger partial charge in [-0.05, 0) is 47.7 Å². The molecule has 0 aliphatic heterocycles. The van der Waals surface area contributed by atoms with E-state index >= 15 is 0 Å². The molecular formula is C29H34N2O2. The molecule has 0 aromatic heterocycles. The van der Waals surface area contributed by atoms with Gasteiger partial charge in [0.1, 0.15) is 12.4 Å². The number of hydrogen-bond acceptors (Lipinski definition) is 3. The van der Waals surface area contributed by atoms with Crippen LogP contribution < -0.4 is 10.6 Å². The summed E-state index contributed by atoms with van der Waals surface area (Å²) in [6.07, 6.45) is 0.925. The number of carbonyl (C=O) groups excluding carboxylic acids is 1. The van der Waals surface area contributed by atoms with Crippen molar-refractivity contribution in [3.63, 3.8) is 0 Å². The van der Waals surface area contributed by atoms with Crippen LogP contribution in [0.4, 0.5) is 5.69 Å². The van der Waals surface area contributed by atoms with E-state index in [1.165, 1.54) is 5.56 Å². The van der Waals surface area contributed by atoms with Gasteiger partial charge in [0.25, 0.3) is 5.91 Å². The van der Waals surface area contributed by atoms with E-state index in [0.29, 0.717) is 30.4 Å². The number of rotatable bonds is 11. The maximum absolute atomic E-state index is 12.1. The summed E-state index contributed by atoms with van der Waals surface area (Å²) in [6.45, 7) is 11.6. The summed E-state index contributed by atoms with van der Waals surface area (Å²) in [5, 5.41) is 6.53. The maximum atomic E-state index is 12.1. The van der Waals surface area contributed by atoms with Crippen molar-refractivity contribution in [2.24, 2.45) is 5.92 Å². The Morgan fingerprint density at radius 3 is 2.18 bits per heavy atom. The average molecular weight is 443 g/mol. The highest BCUT2D eigenvalue weighted by Crippen LogP contribution is 2.27. The molecule has 0 heterocycles. The summed E-state index contributed by atoms with van der Waals surface area (Å²) in [7, 11) is 0. The molecule has 3 aromatic carbocycles. The monoisotopic (exact) mass is 442 g/mol. The van der Waals surface area contributed by atoms with Crippen LogP contribution in [0.15, 0.2) is 85.4 Å². The molecule has 0 saturated carbocycles. The highest BCUT2D eigenvalue weighted by molar-refractivity contribution is 5.94. The van der Waals surface area contributed by atoms with Gasteiger partial charge in [-0.25, -0.2) is 0 Å². The molecule has 33 heavy (non-hydrogen) atoms. The number of benzene rings is 3. The topological polar surface area (TPSA) is 50.4 Å². The molecule has 0 aliphatic carbocycles. The van der Waals surface area contributed by atoms with E-state index in [2.05, 4.69) is 55.3 Å². The molecule has 3 aromatic rings. The van der Waals surface area contributed by atoms with Gasteiger partial charge >= 0.3 is 0 Å². The Labute approximate surface area is 197 Å². The summed E-state index contributed by atoms with van der Waals surface area (Å²) in [5.74, 6) is 1.03. The van der Waals surface area contributed by atoms with Crippen molar-refractivity contribution in [1.82, 2.24) is 5.32 Å². The molecule has 1 amide bonds. The van der Waals surface area contributed by atoms with Gasteiger partial charge in [-0.15, -0.1) is 0 Å². The first-order valence-corrected chi connectivity index (χ1v) is 11.6. The van der Waals surface area contributed by atoms with Crippen LogP contribution in [0.5, 0.6) is 0 Å². The van der Waals surface area contributed by atoms with Crippen LogP contribution in [0.25, 0.3) is 5.76 Å². The number of nitrogens with one attached hydrogen (secondary N) is 2. The molecule has 3 rings (SSSR count). The van der Waals surface area contributed by atoms with E-state index < -0.39 is 0 Å². The third-order valence-corrected chi connectivity index (χ3v) is 5.52. The fraction of sp³-hybridized carbons (Fsp3) is 0.276. The summed E-state index contributed by atoms with van der Waals surface area (Å²) < 4.78 is 5.87. The van der Waals surface area contributed by atoms with E-state index in [0.717, 1.165) is 23.2 Å². The molecule has 0 bridgehead atoms. The van der Waals surface area contributed by atoms with Crippen LogP contribution in [-0.2, 0) is 11.3 Å². The maximum Gasteiger partial charge on any atom is 0.251 e. The third-order valence-electron chi connectivity index (χ3n) is 5.52. The zero-order valence-corrected chi connectivity index (χ0v) is 19.8. The minimum Gasteiger partial charge on any atom is -0.489 e. The first kappa shape index (κ1) is 24.1. The van der Waals surface area contributed by atoms with Gasteiger partial charge in [-0.3, -0.25) is 4.79 Å². The van der Waals surface area contributed by atoms with E-state index in [-0.39, 0.29) is 11.9 Å². The molecule has 0 spiro atoms. The van der Waals surface area contributed by atoms with E-state index in [4.69, 9.17) is 4.74 Å². The van der Waals surface area contributed by atoms with Gasteiger partial charge in [-0.1, -0.05) is 81.9 Å². The van der Waals surface area contributed by atoms with Crippen molar-refractivity contribution in [2.45, 2.75) is 39.8 Å². The van der Waals surface area contributed by atoms with Gasteiger partial charge in [0.15, 0.2) is 0 Å². The van der Waals surface area contributed by atoms with E-state index in [1.54, 1.807) is 0 Å². The number of amides is 1. The van der Waals surface area contributed by atoms with Crippen LogP contribution in [0.3, 0.4) is 0 Å². The van der Waals surface area contributed by atoms with Crippen molar-refractivity contribution in [1.29, 1.82) is 0 Å². The van der Waals surface area contributed by atoms with Crippen molar-refractivity contribution in [3.05, 3.63) is 108 Å². The standard InChI is InChI=1S/C29H34N2O2/c1-5-19-30-29(32)26-15-17-27(18-16-26)31-28(21(2)3)25-13-11-23(12-14-25)20-33-22(4)24-9-7-6-8-10-24/h6-18,21,28,31H,4-5,19-20H2,1-3H3,(H,30,32). The Bertz CT molecular complexity index is 1030. The Morgan fingerprint density at radius 1 is 0.909 bits per heavy atom. The average Bonchev–Trinajstić information content (AvgIpc) is 2.85. The van der Waals surface area contributed by atoms with Crippen LogP contribution in [0.1, 0.15) is 60.3 Å². The molecular weight excluding hydrogens is 408 g/mol. The first-order chi connectivity index (χ1) is 16.0. The van der Waals surface area contributed by atoms with Gasteiger partial charge in [0.05, 0.1) is 6.04 Å². The largest absolute Gasteiger partial charge is 0.489 e. The quantitative estimate of drug-likeness (QED) is 0.320. The van der Waals surface area contributed by atoms with E-state index in [1.807, 2.05) is 61.5 Å². The molecule has 4 heteroatoms. The second-order valence-electron chi connectivity index (χ2n) is 8.52. The number of hydrogen-bond donors (Lipinski definition) is 2. The van der Waals surface area contributed by atoms with Crippen molar-refractivity contribution in [3.8, 4) is 0 Å².